The number of nitrogens with zero attached hydrogens (tertiary/aromatic N) is 3. The molecule has 92 valence electrons. The fourth-order valence-corrected chi connectivity index (χ4v) is 1.64. The zero-order valence-electron chi connectivity index (χ0n) is 10.6. The molecule has 1 N–H and O–H groups in total. The van der Waals surface area contributed by atoms with Gasteiger partial charge in [-0.2, -0.15) is 5.10 Å². The zero-order valence-corrected chi connectivity index (χ0v) is 10.6. The molecule has 1 atom stereocenters. The van der Waals surface area contributed by atoms with Gasteiger partial charge in [0.15, 0.2) is 0 Å². The molecule has 0 spiro atoms. The molecule has 0 amide bonds. The summed E-state index contributed by atoms with van der Waals surface area (Å²) in [6, 6.07) is 0. The Morgan fingerprint density at radius 3 is 2.94 bits per heavy atom. The van der Waals surface area contributed by atoms with E-state index in [0.29, 0.717) is 0 Å². The molecule has 1 unspecified atom stereocenters. The molecule has 1 heterocycles. The summed E-state index contributed by atoms with van der Waals surface area (Å²) in [6.45, 7) is 6.77. The molecule has 0 aromatic carbocycles. The molecule has 0 aliphatic heterocycles. The summed E-state index contributed by atoms with van der Waals surface area (Å²) in [5, 5.41) is 13.5. The minimum Gasteiger partial charge on any atom is -0.393 e. The number of hydrogen-bond donors (Lipinski definition) is 1. The highest BCUT2D eigenvalue weighted by Gasteiger charge is 2.04. The van der Waals surface area contributed by atoms with E-state index < -0.39 is 0 Å². The number of aliphatic hydroxyl groups excluding tert-OH is 1. The molecule has 1 aromatic rings. The minimum atomic E-state index is -0.217. The fraction of sp³-hybridized carbons (Fsp3) is 0.750. The quantitative estimate of drug-likeness (QED) is 0.764. The van der Waals surface area contributed by atoms with E-state index in [4.69, 9.17) is 0 Å². The Hall–Kier alpha value is -0.870. The fourth-order valence-electron chi connectivity index (χ4n) is 1.64. The third-order valence-electron chi connectivity index (χ3n) is 2.52. The summed E-state index contributed by atoms with van der Waals surface area (Å²) in [5.74, 6) is 0. The van der Waals surface area contributed by atoms with Crippen LogP contribution in [0.15, 0.2) is 12.4 Å². The van der Waals surface area contributed by atoms with Crippen LogP contribution in [0.25, 0.3) is 0 Å². The van der Waals surface area contributed by atoms with Gasteiger partial charge in [0, 0.05) is 31.4 Å². The van der Waals surface area contributed by atoms with E-state index in [9.17, 15) is 5.11 Å². The van der Waals surface area contributed by atoms with Crippen molar-refractivity contribution in [2.75, 3.05) is 13.6 Å². The maximum absolute atomic E-state index is 9.20. The van der Waals surface area contributed by atoms with Crippen LogP contribution in [0.3, 0.4) is 0 Å². The maximum Gasteiger partial charge on any atom is 0.0534 e. The molecule has 0 saturated carbocycles. The first-order chi connectivity index (χ1) is 7.61. The molecule has 0 bridgehead atoms. The predicted molar refractivity (Wildman–Crippen MR) is 65.1 cm³/mol. The lowest BCUT2D eigenvalue weighted by Gasteiger charge is -2.16. The molecule has 4 heteroatoms. The second-order valence-electron chi connectivity index (χ2n) is 4.49. The predicted octanol–water partition coefficient (Wildman–Crippen LogP) is 1.50. The standard InChI is InChI=1S/C12H23N3O/c1-4-6-15-10-12(8-13-15)9-14(3)7-5-11(2)16/h8,10-11,16H,4-7,9H2,1-3H3. The van der Waals surface area contributed by atoms with Crippen molar-refractivity contribution in [3.05, 3.63) is 18.0 Å². The highest BCUT2D eigenvalue weighted by Crippen LogP contribution is 2.04. The lowest BCUT2D eigenvalue weighted by molar-refractivity contribution is 0.163. The molecular weight excluding hydrogens is 202 g/mol. The van der Waals surface area contributed by atoms with Gasteiger partial charge >= 0.3 is 0 Å². The first-order valence-electron chi connectivity index (χ1n) is 5.99. The lowest BCUT2D eigenvalue weighted by atomic mass is 10.2. The first kappa shape index (κ1) is 13.2. The summed E-state index contributed by atoms with van der Waals surface area (Å²) in [7, 11) is 2.07. The van der Waals surface area contributed by atoms with Crippen LogP contribution in [0.5, 0.6) is 0 Å². The highest BCUT2D eigenvalue weighted by molar-refractivity contribution is 5.03. The third kappa shape index (κ3) is 4.77. The van der Waals surface area contributed by atoms with Crippen LogP contribution in [0, 0.1) is 0 Å². The van der Waals surface area contributed by atoms with Crippen LogP contribution >= 0.6 is 0 Å². The normalized spacial score (nSPS) is 13.3. The smallest absolute Gasteiger partial charge is 0.0534 e. The van der Waals surface area contributed by atoms with Crippen LogP contribution < -0.4 is 0 Å². The van der Waals surface area contributed by atoms with Crippen molar-refractivity contribution in [1.82, 2.24) is 14.7 Å². The van der Waals surface area contributed by atoms with Gasteiger partial charge in [-0.1, -0.05) is 6.92 Å². The van der Waals surface area contributed by atoms with E-state index in [1.165, 1.54) is 5.56 Å². The average Bonchev–Trinajstić information content (AvgIpc) is 2.63. The van der Waals surface area contributed by atoms with E-state index in [-0.39, 0.29) is 6.10 Å². The van der Waals surface area contributed by atoms with E-state index in [1.54, 1.807) is 0 Å². The topological polar surface area (TPSA) is 41.3 Å². The molecular formula is C12H23N3O. The third-order valence-corrected chi connectivity index (χ3v) is 2.52. The second-order valence-corrected chi connectivity index (χ2v) is 4.49. The van der Waals surface area contributed by atoms with Gasteiger partial charge in [0.2, 0.25) is 0 Å². The first-order valence-corrected chi connectivity index (χ1v) is 5.99. The monoisotopic (exact) mass is 225 g/mol. The number of rotatable bonds is 7. The minimum absolute atomic E-state index is 0.217. The maximum atomic E-state index is 9.20. The molecule has 0 aliphatic rings. The molecule has 4 nitrogen and oxygen atoms in total. The Kier molecular flexibility index (Phi) is 5.49. The van der Waals surface area contributed by atoms with Crippen LogP contribution in [-0.2, 0) is 13.1 Å². The van der Waals surface area contributed by atoms with Gasteiger partial charge in [-0.3, -0.25) is 4.68 Å². The number of hydrogen-bond acceptors (Lipinski definition) is 3. The van der Waals surface area contributed by atoms with Gasteiger partial charge in [0.05, 0.1) is 12.3 Å². The van der Waals surface area contributed by atoms with Gasteiger partial charge in [-0.25, -0.2) is 0 Å². The lowest BCUT2D eigenvalue weighted by Crippen LogP contribution is -2.21. The zero-order chi connectivity index (χ0) is 12.0. The molecule has 0 fully saturated rings. The molecule has 0 saturated heterocycles. The molecule has 0 radical (unpaired) electrons. The van der Waals surface area contributed by atoms with E-state index in [2.05, 4.69) is 30.2 Å². The van der Waals surface area contributed by atoms with Crippen LogP contribution in [0.1, 0.15) is 32.3 Å². The van der Waals surface area contributed by atoms with Gasteiger partial charge in [0.1, 0.15) is 0 Å². The summed E-state index contributed by atoms with van der Waals surface area (Å²) in [5.41, 5.74) is 1.24. The van der Waals surface area contributed by atoms with Crippen molar-refractivity contribution in [1.29, 1.82) is 0 Å². The van der Waals surface area contributed by atoms with E-state index >= 15 is 0 Å². The van der Waals surface area contributed by atoms with Crippen molar-refractivity contribution in [2.45, 2.75) is 45.9 Å². The van der Waals surface area contributed by atoms with Crippen molar-refractivity contribution in [3.8, 4) is 0 Å². The largest absolute Gasteiger partial charge is 0.393 e. The number of aryl methyl sites for hydroxylation is 1. The molecule has 1 rings (SSSR count). The molecule has 16 heavy (non-hydrogen) atoms. The summed E-state index contributed by atoms with van der Waals surface area (Å²) in [6.07, 6.45) is 5.74. The summed E-state index contributed by atoms with van der Waals surface area (Å²) in [4.78, 5) is 2.21. The van der Waals surface area contributed by atoms with Crippen molar-refractivity contribution in [3.63, 3.8) is 0 Å². The van der Waals surface area contributed by atoms with Gasteiger partial charge in [-0.15, -0.1) is 0 Å². The summed E-state index contributed by atoms with van der Waals surface area (Å²) >= 11 is 0. The van der Waals surface area contributed by atoms with Crippen LogP contribution in [0.4, 0.5) is 0 Å². The van der Waals surface area contributed by atoms with Crippen molar-refractivity contribution < 1.29 is 5.11 Å². The number of aromatic nitrogens is 2. The van der Waals surface area contributed by atoms with Crippen molar-refractivity contribution >= 4 is 0 Å². The number of aliphatic hydroxyl groups is 1. The van der Waals surface area contributed by atoms with E-state index in [1.807, 2.05) is 17.8 Å². The average molecular weight is 225 g/mol. The molecule has 1 aromatic heterocycles. The van der Waals surface area contributed by atoms with Crippen LogP contribution in [-0.4, -0.2) is 39.5 Å². The summed E-state index contributed by atoms with van der Waals surface area (Å²) < 4.78 is 1.98. The van der Waals surface area contributed by atoms with E-state index in [0.717, 1.165) is 32.5 Å². The highest BCUT2D eigenvalue weighted by atomic mass is 16.3. The van der Waals surface area contributed by atoms with Gasteiger partial charge in [-0.05, 0) is 26.8 Å². The molecule has 0 aliphatic carbocycles. The SMILES string of the molecule is CCCn1cc(CN(C)CCC(C)O)cn1. The van der Waals surface area contributed by atoms with Crippen molar-refractivity contribution in [2.24, 2.45) is 0 Å². The Morgan fingerprint density at radius 2 is 2.31 bits per heavy atom. The van der Waals surface area contributed by atoms with Crippen LogP contribution in [0.2, 0.25) is 0 Å². The Morgan fingerprint density at radius 1 is 1.56 bits per heavy atom. The van der Waals surface area contributed by atoms with Gasteiger partial charge < -0.3 is 10.0 Å². The Bertz CT molecular complexity index is 296. The Balaban J connectivity index is 2.34. The second kappa shape index (κ2) is 6.66. The Labute approximate surface area is 97.9 Å². The van der Waals surface area contributed by atoms with Gasteiger partial charge in [0.25, 0.3) is 0 Å².